The number of primary amides is 1. The number of aryl methyl sites for hydroxylation is 1. The number of benzene rings is 1. The zero-order chi connectivity index (χ0) is 11.4. The fourth-order valence-electron chi connectivity index (χ4n) is 1.12. The van der Waals surface area contributed by atoms with Crippen molar-refractivity contribution in [3.8, 4) is 0 Å². The van der Waals surface area contributed by atoms with Gasteiger partial charge in [0.05, 0.1) is 6.04 Å². The predicted molar refractivity (Wildman–Crippen MR) is 61.7 cm³/mol. The molecule has 0 aliphatic carbocycles. The van der Waals surface area contributed by atoms with E-state index in [0.29, 0.717) is 6.54 Å². The molecular formula is C11H15ClN2O. The van der Waals surface area contributed by atoms with Crippen LogP contribution in [0.2, 0.25) is 5.02 Å². The van der Waals surface area contributed by atoms with Crippen molar-refractivity contribution in [2.45, 2.75) is 26.4 Å². The van der Waals surface area contributed by atoms with Crippen molar-refractivity contribution in [3.63, 3.8) is 0 Å². The fourth-order valence-corrected chi connectivity index (χ4v) is 1.32. The first-order valence-electron chi connectivity index (χ1n) is 4.78. The van der Waals surface area contributed by atoms with Gasteiger partial charge in [-0.3, -0.25) is 4.79 Å². The Labute approximate surface area is 94.6 Å². The minimum atomic E-state index is -0.354. The Balaban J connectivity index is 2.58. The van der Waals surface area contributed by atoms with Crippen LogP contribution in [0.5, 0.6) is 0 Å². The summed E-state index contributed by atoms with van der Waals surface area (Å²) in [7, 11) is 0. The summed E-state index contributed by atoms with van der Waals surface area (Å²) in [6, 6.07) is 5.48. The number of halogens is 1. The molecule has 1 rings (SSSR count). The number of nitrogens with one attached hydrogen (secondary N) is 1. The van der Waals surface area contributed by atoms with Crippen LogP contribution in [-0.2, 0) is 11.3 Å². The highest BCUT2D eigenvalue weighted by atomic mass is 35.5. The molecule has 4 heteroatoms. The summed E-state index contributed by atoms with van der Waals surface area (Å²) in [6.07, 6.45) is 0. The van der Waals surface area contributed by atoms with Crippen LogP contribution in [-0.4, -0.2) is 11.9 Å². The van der Waals surface area contributed by atoms with Crippen LogP contribution < -0.4 is 11.1 Å². The maximum Gasteiger partial charge on any atom is 0.234 e. The topological polar surface area (TPSA) is 55.1 Å². The summed E-state index contributed by atoms with van der Waals surface area (Å²) < 4.78 is 0. The van der Waals surface area contributed by atoms with Gasteiger partial charge in [0.1, 0.15) is 0 Å². The number of amides is 1. The Morgan fingerprint density at radius 1 is 1.60 bits per heavy atom. The van der Waals surface area contributed by atoms with Crippen LogP contribution in [0.4, 0.5) is 0 Å². The lowest BCUT2D eigenvalue weighted by Gasteiger charge is -2.10. The normalized spacial score (nSPS) is 12.5. The smallest absolute Gasteiger partial charge is 0.234 e. The third-order valence-electron chi connectivity index (χ3n) is 2.28. The molecule has 0 radical (unpaired) electrons. The first kappa shape index (κ1) is 12.0. The van der Waals surface area contributed by atoms with E-state index in [-0.39, 0.29) is 11.9 Å². The highest BCUT2D eigenvalue weighted by Gasteiger charge is 2.07. The number of carbonyl (C=O) groups is 1. The van der Waals surface area contributed by atoms with E-state index < -0.39 is 0 Å². The molecule has 1 atom stereocenters. The second-order valence-electron chi connectivity index (χ2n) is 3.59. The van der Waals surface area contributed by atoms with E-state index in [1.165, 1.54) is 0 Å². The monoisotopic (exact) mass is 226 g/mol. The second-order valence-corrected chi connectivity index (χ2v) is 4.00. The van der Waals surface area contributed by atoms with Crippen LogP contribution in [0.1, 0.15) is 18.1 Å². The van der Waals surface area contributed by atoms with Crippen molar-refractivity contribution in [1.29, 1.82) is 0 Å². The van der Waals surface area contributed by atoms with E-state index in [4.69, 9.17) is 17.3 Å². The number of rotatable bonds is 4. The molecule has 0 aliphatic rings. The van der Waals surface area contributed by atoms with Crippen molar-refractivity contribution in [2.24, 2.45) is 5.73 Å². The Morgan fingerprint density at radius 3 is 2.80 bits per heavy atom. The zero-order valence-corrected chi connectivity index (χ0v) is 9.64. The molecule has 1 aromatic carbocycles. The first-order valence-corrected chi connectivity index (χ1v) is 5.16. The zero-order valence-electron chi connectivity index (χ0n) is 8.88. The Bertz CT molecular complexity index is 366. The quantitative estimate of drug-likeness (QED) is 0.820. The minimum Gasteiger partial charge on any atom is -0.368 e. The molecule has 15 heavy (non-hydrogen) atoms. The molecule has 3 N–H and O–H groups in total. The van der Waals surface area contributed by atoms with Crippen LogP contribution in [0.15, 0.2) is 18.2 Å². The number of hydrogen-bond acceptors (Lipinski definition) is 2. The summed E-state index contributed by atoms with van der Waals surface area (Å²) in [4.78, 5) is 10.8. The molecule has 3 nitrogen and oxygen atoms in total. The van der Waals surface area contributed by atoms with E-state index in [1.807, 2.05) is 25.1 Å². The van der Waals surface area contributed by atoms with Crippen molar-refractivity contribution in [1.82, 2.24) is 5.32 Å². The molecule has 0 saturated carbocycles. The van der Waals surface area contributed by atoms with Gasteiger partial charge in [0.25, 0.3) is 0 Å². The van der Waals surface area contributed by atoms with Gasteiger partial charge < -0.3 is 11.1 Å². The maximum absolute atomic E-state index is 10.8. The highest BCUT2D eigenvalue weighted by Crippen LogP contribution is 2.16. The lowest BCUT2D eigenvalue weighted by molar-refractivity contribution is -0.119. The molecule has 0 spiro atoms. The molecule has 82 valence electrons. The minimum absolute atomic E-state index is 0.329. The van der Waals surface area contributed by atoms with Crippen LogP contribution >= 0.6 is 11.6 Å². The van der Waals surface area contributed by atoms with Gasteiger partial charge in [0, 0.05) is 11.6 Å². The summed E-state index contributed by atoms with van der Waals surface area (Å²) in [6.45, 7) is 4.27. The Kier molecular flexibility index (Phi) is 4.12. The van der Waals surface area contributed by atoms with Crippen molar-refractivity contribution in [3.05, 3.63) is 34.3 Å². The molecule has 0 aromatic heterocycles. The molecule has 1 aromatic rings. The molecule has 0 fully saturated rings. The van der Waals surface area contributed by atoms with Gasteiger partial charge in [-0.25, -0.2) is 0 Å². The largest absolute Gasteiger partial charge is 0.368 e. The average molecular weight is 227 g/mol. The molecule has 1 amide bonds. The van der Waals surface area contributed by atoms with E-state index >= 15 is 0 Å². The SMILES string of the molecule is Cc1ccc(CNC(C)C(N)=O)cc1Cl. The average Bonchev–Trinajstić information content (AvgIpc) is 2.19. The Hall–Kier alpha value is -1.06. The van der Waals surface area contributed by atoms with Crippen LogP contribution in [0.3, 0.4) is 0 Å². The summed E-state index contributed by atoms with van der Waals surface area (Å²) >= 11 is 5.97. The fraction of sp³-hybridized carbons (Fsp3) is 0.364. The first-order chi connectivity index (χ1) is 7.00. The molecule has 0 bridgehead atoms. The van der Waals surface area contributed by atoms with Crippen molar-refractivity contribution in [2.75, 3.05) is 0 Å². The summed E-state index contributed by atoms with van der Waals surface area (Å²) in [5, 5.41) is 3.75. The van der Waals surface area contributed by atoms with Gasteiger partial charge in [-0.1, -0.05) is 23.7 Å². The van der Waals surface area contributed by atoms with E-state index in [0.717, 1.165) is 16.1 Å². The van der Waals surface area contributed by atoms with Gasteiger partial charge in [-0.2, -0.15) is 0 Å². The van der Waals surface area contributed by atoms with E-state index in [2.05, 4.69) is 5.32 Å². The van der Waals surface area contributed by atoms with Crippen LogP contribution in [0.25, 0.3) is 0 Å². The van der Waals surface area contributed by atoms with E-state index in [9.17, 15) is 4.79 Å². The van der Waals surface area contributed by atoms with E-state index in [1.54, 1.807) is 6.92 Å². The molecule has 0 aliphatic heterocycles. The van der Waals surface area contributed by atoms with Gasteiger partial charge in [0.15, 0.2) is 0 Å². The number of carbonyl (C=O) groups excluding carboxylic acids is 1. The lowest BCUT2D eigenvalue weighted by Crippen LogP contribution is -2.38. The standard InChI is InChI=1S/C11H15ClN2O/c1-7-3-4-9(5-10(7)12)6-14-8(2)11(13)15/h3-5,8,14H,6H2,1-2H3,(H2,13,15). The van der Waals surface area contributed by atoms with Crippen molar-refractivity contribution < 1.29 is 4.79 Å². The number of nitrogens with two attached hydrogens (primary N) is 1. The van der Waals surface area contributed by atoms with Crippen LogP contribution in [0, 0.1) is 6.92 Å². The van der Waals surface area contributed by atoms with Gasteiger partial charge >= 0.3 is 0 Å². The predicted octanol–water partition coefficient (Wildman–Crippen LogP) is 1.61. The van der Waals surface area contributed by atoms with Crippen molar-refractivity contribution >= 4 is 17.5 Å². The third kappa shape index (κ3) is 3.53. The van der Waals surface area contributed by atoms with Gasteiger partial charge in [0.2, 0.25) is 5.91 Å². The third-order valence-corrected chi connectivity index (χ3v) is 2.68. The second kappa shape index (κ2) is 5.14. The Morgan fingerprint density at radius 2 is 2.27 bits per heavy atom. The summed E-state index contributed by atoms with van der Waals surface area (Å²) in [5.74, 6) is -0.354. The molecule has 1 unspecified atom stereocenters. The van der Waals surface area contributed by atoms with Gasteiger partial charge in [-0.15, -0.1) is 0 Å². The maximum atomic E-state index is 10.8. The molecule has 0 heterocycles. The van der Waals surface area contributed by atoms with Gasteiger partial charge in [-0.05, 0) is 31.0 Å². The molecule has 0 saturated heterocycles. The molecular weight excluding hydrogens is 212 g/mol. The highest BCUT2D eigenvalue weighted by molar-refractivity contribution is 6.31. The lowest BCUT2D eigenvalue weighted by atomic mass is 10.1. The number of hydrogen-bond donors (Lipinski definition) is 2. The summed E-state index contributed by atoms with van der Waals surface area (Å²) in [5.41, 5.74) is 7.21.